The molecule has 0 saturated carbocycles. The smallest absolute Gasteiger partial charge is 0.283 e. The molecule has 0 aromatic rings. The number of hydrogen-bond donors (Lipinski definition) is 1. The van der Waals surface area contributed by atoms with Gasteiger partial charge in [-0.15, -0.1) is 0 Å². The van der Waals surface area contributed by atoms with Crippen molar-refractivity contribution in [3.05, 3.63) is 45.9 Å². The fraction of sp³-hybridized carbons (Fsp3) is 0.650. The molecule has 0 aliphatic carbocycles. The summed E-state index contributed by atoms with van der Waals surface area (Å²) in [5, 5.41) is 20.9. The van der Waals surface area contributed by atoms with Crippen molar-refractivity contribution in [2.45, 2.75) is 84.0 Å². The van der Waals surface area contributed by atoms with Crippen molar-refractivity contribution in [3.63, 3.8) is 0 Å². The Morgan fingerprint density at radius 2 is 1.56 bits per heavy atom. The van der Waals surface area contributed by atoms with Crippen LogP contribution in [0.4, 0.5) is 0 Å². The van der Waals surface area contributed by atoms with E-state index in [4.69, 9.17) is 0 Å². The highest BCUT2D eigenvalue weighted by Crippen LogP contribution is 2.17. The van der Waals surface area contributed by atoms with E-state index < -0.39 is 4.92 Å². The van der Waals surface area contributed by atoms with Gasteiger partial charge in [0, 0.05) is 19.3 Å². The molecule has 0 unspecified atom stereocenters. The van der Waals surface area contributed by atoms with Gasteiger partial charge in [-0.1, -0.05) is 44.1 Å². The third-order valence-corrected chi connectivity index (χ3v) is 3.90. The maximum absolute atomic E-state index is 11.0. The van der Waals surface area contributed by atoms with Crippen LogP contribution >= 0.6 is 0 Å². The molecule has 0 radical (unpaired) electrons. The molecule has 142 valence electrons. The third kappa shape index (κ3) is 14.2. The van der Waals surface area contributed by atoms with Gasteiger partial charge in [0.15, 0.2) is 5.76 Å². The zero-order valence-electron chi connectivity index (χ0n) is 15.5. The average molecular weight is 351 g/mol. The molecule has 25 heavy (non-hydrogen) atoms. The van der Waals surface area contributed by atoms with Gasteiger partial charge in [0.1, 0.15) is 6.29 Å². The first-order valence-corrected chi connectivity index (χ1v) is 9.42. The molecule has 0 aromatic heterocycles. The summed E-state index contributed by atoms with van der Waals surface area (Å²) in [6.07, 6.45) is 18.7. The number of allylic oxidation sites excluding steroid dienone is 6. The second-order valence-electron chi connectivity index (χ2n) is 6.13. The molecule has 0 saturated heterocycles. The lowest BCUT2D eigenvalue weighted by atomic mass is 10.1. The predicted molar refractivity (Wildman–Crippen MR) is 102 cm³/mol. The van der Waals surface area contributed by atoms with E-state index >= 15 is 0 Å². The zero-order chi connectivity index (χ0) is 18.8. The second-order valence-corrected chi connectivity index (χ2v) is 6.13. The van der Waals surface area contributed by atoms with Crippen LogP contribution < -0.4 is 0 Å². The van der Waals surface area contributed by atoms with Gasteiger partial charge in [-0.3, -0.25) is 10.1 Å². The Balaban J connectivity index is 3.89. The average Bonchev–Trinajstić information content (AvgIpc) is 2.59. The Labute approximate surface area is 151 Å². The zero-order valence-corrected chi connectivity index (χ0v) is 15.5. The number of hydrogen-bond acceptors (Lipinski definition) is 4. The highest BCUT2D eigenvalue weighted by Gasteiger charge is 2.16. The number of aliphatic hydroxyl groups is 1. The van der Waals surface area contributed by atoms with Gasteiger partial charge in [0.25, 0.3) is 5.70 Å². The Morgan fingerprint density at radius 3 is 2.16 bits per heavy atom. The van der Waals surface area contributed by atoms with E-state index in [-0.39, 0.29) is 11.5 Å². The summed E-state index contributed by atoms with van der Waals surface area (Å²) in [7, 11) is 0. The van der Waals surface area contributed by atoms with Crippen LogP contribution in [0.5, 0.6) is 0 Å². The lowest BCUT2D eigenvalue weighted by Crippen LogP contribution is -2.04. The fourth-order valence-corrected chi connectivity index (χ4v) is 2.41. The predicted octanol–water partition coefficient (Wildman–Crippen LogP) is 6.05. The maximum atomic E-state index is 11.0. The molecule has 0 spiro atoms. The van der Waals surface area contributed by atoms with E-state index in [1.807, 2.05) is 6.92 Å². The minimum absolute atomic E-state index is 0.0105. The van der Waals surface area contributed by atoms with Crippen LogP contribution in [0.2, 0.25) is 0 Å². The molecule has 5 nitrogen and oxygen atoms in total. The Kier molecular flexibility index (Phi) is 15.6. The molecule has 0 atom stereocenters. The molecule has 0 bridgehead atoms. The fourth-order valence-electron chi connectivity index (χ4n) is 2.41. The van der Waals surface area contributed by atoms with Crippen LogP contribution in [-0.2, 0) is 4.79 Å². The van der Waals surface area contributed by atoms with E-state index in [9.17, 15) is 20.0 Å². The van der Waals surface area contributed by atoms with Gasteiger partial charge < -0.3 is 9.90 Å². The van der Waals surface area contributed by atoms with Crippen LogP contribution in [0.1, 0.15) is 84.0 Å². The van der Waals surface area contributed by atoms with Gasteiger partial charge in [-0.05, 0) is 44.9 Å². The molecule has 0 heterocycles. The van der Waals surface area contributed by atoms with Crippen molar-refractivity contribution < 1.29 is 14.8 Å². The number of nitrogens with zero attached hydrogens (tertiary/aromatic N) is 1. The summed E-state index contributed by atoms with van der Waals surface area (Å²) in [5.41, 5.74) is -0.0105. The number of carbonyl (C=O) groups is 1. The summed E-state index contributed by atoms with van der Waals surface area (Å²) in [6.45, 7) is 2.05. The first-order chi connectivity index (χ1) is 12.1. The quantitative estimate of drug-likeness (QED) is 0.0917. The highest BCUT2D eigenvalue weighted by atomic mass is 16.6. The topological polar surface area (TPSA) is 80.4 Å². The molecular formula is C20H33NO4. The van der Waals surface area contributed by atoms with E-state index in [0.29, 0.717) is 19.3 Å². The lowest BCUT2D eigenvalue weighted by Gasteiger charge is -2.03. The molecule has 0 rings (SSSR count). The van der Waals surface area contributed by atoms with Crippen molar-refractivity contribution in [1.29, 1.82) is 0 Å². The summed E-state index contributed by atoms with van der Waals surface area (Å²) in [4.78, 5) is 20.7. The SMILES string of the molecule is CCCCC/C(=C(/O)CCCC/C=C\C/C=C\CCCC=O)[N+](=O)[O-]. The number of unbranched alkanes of at least 4 members (excludes halogenated alkanes) is 6. The number of rotatable bonds is 16. The monoisotopic (exact) mass is 351 g/mol. The first kappa shape index (κ1) is 23.1. The molecule has 0 fully saturated rings. The summed E-state index contributed by atoms with van der Waals surface area (Å²) >= 11 is 0. The van der Waals surface area contributed by atoms with Crippen LogP contribution in [-0.4, -0.2) is 16.3 Å². The molecule has 0 aromatic carbocycles. The van der Waals surface area contributed by atoms with Crippen LogP contribution in [0.25, 0.3) is 0 Å². The summed E-state index contributed by atoms with van der Waals surface area (Å²) in [5.74, 6) is -0.0525. The summed E-state index contributed by atoms with van der Waals surface area (Å²) in [6, 6.07) is 0. The first-order valence-electron chi connectivity index (χ1n) is 9.42. The molecule has 0 aliphatic rings. The third-order valence-electron chi connectivity index (χ3n) is 3.90. The number of aliphatic hydroxyl groups excluding tert-OH is 1. The van der Waals surface area contributed by atoms with Gasteiger partial charge in [0.05, 0.1) is 4.92 Å². The van der Waals surface area contributed by atoms with Crippen LogP contribution in [0.3, 0.4) is 0 Å². The number of aldehydes is 1. The van der Waals surface area contributed by atoms with Crippen molar-refractivity contribution >= 4 is 6.29 Å². The molecule has 0 aliphatic heterocycles. The minimum atomic E-state index is -0.438. The van der Waals surface area contributed by atoms with Gasteiger partial charge >= 0.3 is 0 Å². The largest absolute Gasteiger partial charge is 0.506 e. The van der Waals surface area contributed by atoms with Crippen LogP contribution in [0, 0.1) is 10.1 Å². The van der Waals surface area contributed by atoms with Crippen molar-refractivity contribution in [1.82, 2.24) is 0 Å². The van der Waals surface area contributed by atoms with E-state index in [1.54, 1.807) is 0 Å². The normalized spacial score (nSPS) is 12.7. The standard InChI is InChI=1S/C20H33NO4/c1-2-3-13-16-19(21(24)25)20(23)17-14-11-9-7-5-4-6-8-10-12-15-18-22/h5-8,18,23H,2-4,9-17H2,1H3/b7-5-,8-6-,20-19-. The molecule has 1 N–H and O–H groups in total. The van der Waals surface area contributed by atoms with Crippen molar-refractivity contribution in [3.8, 4) is 0 Å². The van der Waals surface area contributed by atoms with E-state index in [2.05, 4.69) is 24.3 Å². The van der Waals surface area contributed by atoms with Crippen LogP contribution in [0.15, 0.2) is 35.8 Å². The molecular weight excluding hydrogens is 318 g/mol. The van der Waals surface area contributed by atoms with Gasteiger partial charge in [-0.25, -0.2) is 0 Å². The summed E-state index contributed by atoms with van der Waals surface area (Å²) < 4.78 is 0. The molecule has 5 heteroatoms. The van der Waals surface area contributed by atoms with Gasteiger partial charge in [0.2, 0.25) is 0 Å². The molecule has 0 amide bonds. The van der Waals surface area contributed by atoms with Crippen molar-refractivity contribution in [2.75, 3.05) is 0 Å². The Bertz CT molecular complexity index is 453. The van der Waals surface area contributed by atoms with E-state index in [1.165, 1.54) is 0 Å². The Hall–Kier alpha value is -1.91. The van der Waals surface area contributed by atoms with E-state index in [0.717, 1.165) is 64.1 Å². The second kappa shape index (κ2) is 16.9. The van der Waals surface area contributed by atoms with Gasteiger partial charge in [-0.2, -0.15) is 0 Å². The maximum Gasteiger partial charge on any atom is 0.283 e. The lowest BCUT2D eigenvalue weighted by molar-refractivity contribution is -0.431. The van der Waals surface area contributed by atoms with Crippen molar-refractivity contribution in [2.24, 2.45) is 0 Å². The number of carbonyl (C=O) groups excluding carboxylic acids is 1. The minimum Gasteiger partial charge on any atom is -0.506 e. The number of nitro groups is 1. The Morgan fingerprint density at radius 1 is 0.920 bits per heavy atom. The highest BCUT2D eigenvalue weighted by molar-refractivity contribution is 5.49.